The van der Waals surface area contributed by atoms with E-state index in [1.165, 1.54) is 77.0 Å². The largest absolute Gasteiger partial charge is 0.462 e. The quantitative estimate of drug-likeness (QED) is 0.0198. The van der Waals surface area contributed by atoms with Crippen LogP contribution in [0.15, 0.2) is 36.5 Å². The molecule has 0 bridgehead atoms. The molecule has 0 aromatic carbocycles. The van der Waals surface area contributed by atoms with Crippen LogP contribution in [0.25, 0.3) is 0 Å². The lowest BCUT2D eigenvalue weighted by molar-refractivity contribution is -0.332. The zero-order chi connectivity index (χ0) is 47.5. The van der Waals surface area contributed by atoms with Crippen molar-refractivity contribution >= 4 is 11.9 Å². The highest BCUT2D eigenvalue weighted by molar-refractivity contribution is 5.70. The first kappa shape index (κ1) is 58.8. The standard InChI is InChI=1S/C50H88O15/c1-3-5-7-9-11-13-15-17-18-19-20-21-23-25-27-29-31-33-42(53)63-38(35-60-41(52)32-30-28-26-24-22-16-14-12-10-8-6-4-2)36-61-49-48(59)46(57)44(55)40(65-49)37-62-50-47(58)45(56)43(54)39(34-51)64-50/h12,14,20-21,25,27,38-40,43-51,54-59H,3-11,13,15-19,22-24,26,28-37H2,1-2H3/b14-12+,21-20+,27-25+/t38-,39+,40+,43-,44-,45?,46?,47?,48?,49+,50+/m1/s1. The topological polar surface area (TPSA) is 231 Å². The number of allylic oxidation sites excluding steroid dienone is 6. The van der Waals surface area contributed by atoms with E-state index in [-0.39, 0.29) is 19.4 Å². The fourth-order valence-corrected chi connectivity index (χ4v) is 7.66. The zero-order valence-electron chi connectivity index (χ0n) is 39.7. The lowest BCUT2D eigenvalue weighted by atomic mass is 9.98. The molecule has 2 saturated heterocycles. The number of carbonyl (C=O) groups is 2. The molecule has 11 atom stereocenters. The maximum Gasteiger partial charge on any atom is 0.306 e. The molecule has 7 N–H and O–H groups in total. The van der Waals surface area contributed by atoms with Gasteiger partial charge in [-0.15, -0.1) is 0 Å². The summed E-state index contributed by atoms with van der Waals surface area (Å²) in [5.41, 5.74) is 0. The van der Waals surface area contributed by atoms with Crippen LogP contribution in [0, 0.1) is 0 Å². The monoisotopic (exact) mass is 929 g/mol. The summed E-state index contributed by atoms with van der Waals surface area (Å²) in [6.07, 6.45) is 21.9. The molecule has 2 aliphatic rings. The maximum absolute atomic E-state index is 13.0. The fourth-order valence-electron chi connectivity index (χ4n) is 7.66. The summed E-state index contributed by atoms with van der Waals surface area (Å²) in [6.45, 7) is 2.50. The smallest absolute Gasteiger partial charge is 0.306 e. The predicted molar refractivity (Wildman–Crippen MR) is 247 cm³/mol. The minimum Gasteiger partial charge on any atom is -0.462 e. The van der Waals surface area contributed by atoms with E-state index in [9.17, 15) is 45.3 Å². The number of rotatable bonds is 38. The van der Waals surface area contributed by atoms with E-state index < -0.39 is 99.3 Å². The van der Waals surface area contributed by atoms with Gasteiger partial charge >= 0.3 is 11.9 Å². The SMILES string of the molecule is CCCCC/C=C/CCCCCCCC(=O)OC[C@H](CO[C@H]1O[C@@H](CO[C@H]2O[C@@H](CO)[C@@H](O)C(O)C2O)[C@@H](O)C(O)C1O)OC(=O)CCC/C=C/C/C=C/CCCCCCCCCCC. The Kier molecular flexibility index (Phi) is 34.1. The van der Waals surface area contributed by atoms with Crippen molar-refractivity contribution in [3.05, 3.63) is 36.5 Å². The van der Waals surface area contributed by atoms with Crippen LogP contribution in [0.4, 0.5) is 0 Å². The average molecular weight is 929 g/mol. The van der Waals surface area contributed by atoms with Crippen molar-refractivity contribution in [2.75, 3.05) is 26.4 Å². The molecule has 2 rings (SSSR count). The molecule has 0 amide bonds. The van der Waals surface area contributed by atoms with Crippen LogP contribution in [0.3, 0.4) is 0 Å². The van der Waals surface area contributed by atoms with Crippen molar-refractivity contribution in [3.63, 3.8) is 0 Å². The summed E-state index contributed by atoms with van der Waals surface area (Å²) in [7, 11) is 0. The van der Waals surface area contributed by atoms with Gasteiger partial charge in [-0.3, -0.25) is 9.59 Å². The summed E-state index contributed by atoms with van der Waals surface area (Å²) in [4.78, 5) is 25.7. The summed E-state index contributed by atoms with van der Waals surface area (Å²) >= 11 is 0. The molecule has 15 heteroatoms. The van der Waals surface area contributed by atoms with Gasteiger partial charge in [0, 0.05) is 12.8 Å². The maximum atomic E-state index is 13.0. The summed E-state index contributed by atoms with van der Waals surface area (Å²) in [5.74, 6) is -0.989. The fraction of sp³-hybridized carbons (Fsp3) is 0.840. The van der Waals surface area contributed by atoms with E-state index in [0.717, 1.165) is 51.4 Å². The molecule has 0 spiro atoms. The minimum atomic E-state index is -1.77. The van der Waals surface area contributed by atoms with Gasteiger partial charge in [-0.1, -0.05) is 134 Å². The molecule has 0 aromatic rings. The van der Waals surface area contributed by atoms with E-state index in [1.54, 1.807) is 0 Å². The Morgan fingerprint density at radius 3 is 1.52 bits per heavy atom. The van der Waals surface area contributed by atoms with Crippen molar-refractivity contribution < 1.29 is 73.8 Å². The van der Waals surface area contributed by atoms with Crippen molar-refractivity contribution in [1.29, 1.82) is 0 Å². The number of ether oxygens (including phenoxy) is 6. The van der Waals surface area contributed by atoms with E-state index in [0.29, 0.717) is 19.3 Å². The molecule has 0 aliphatic carbocycles. The van der Waals surface area contributed by atoms with E-state index in [1.807, 2.05) is 6.08 Å². The first-order valence-electron chi connectivity index (χ1n) is 25.1. The normalized spacial score (nSPS) is 26.7. The number of hydrogen-bond donors (Lipinski definition) is 7. The highest BCUT2D eigenvalue weighted by Gasteiger charge is 2.47. The number of esters is 2. The van der Waals surface area contributed by atoms with Crippen LogP contribution in [0.2, 0.25) is 0 Å². The van der Waals surface area contributed by atoms with E-state index >= 15 is 0 Å². The summed E-state index contributed by atoms with van der Waals surface area (Å²) < 4.78 is 33.5. The van der Waals surface area contributed by atoms with Gasteiger partial charge in [-0.05, 0) is 64.2 Å². The van der Waals surface area contributed by atoms with Crippen LogP contribution in [-0.4, -0.2) is 142 Å². The molecule has 0 radical (unpaired) electrons. The van der Waals surface area contributed by atoms with Crippen molar-refractivity contribution in [2.24, 2.45) is 0 Å². The van der Waals surface area contributed by atoms with Gasteiger partial charge in [-0.2, -0.15) is 0 Å². The molecule has 2 fully saturated rings. The molecule has 2 aliphatic heterocycles. The van der Waals surface area contributed by atoms with Gasteiger partial charge in [0.1, 0.15) is 55.4 Å². The molecular formula is C50H88O15. The second kappa shape index (κ2) is 37.7. The van der Waals surface area contributed by atoms with Crippen LogP contribution in [0.5, 0.6) is 0 Å². The number of aliphatic hydroxyl groups is 7. The van der Waals surface area contributed by atoms with E-state index in [2.05, 4.69) is 44.2 Å². The Balaban J connectivity index is 1.84. The second-order valence-corrected chi connectivity index (χ2v) is 17.6. The molecule has 0 saturated carbocycles. The Bertz CT molecular complexity index is 1280. The number of unbranched alkanes of at least 4 members (excludes halogenated alkanes) is 18. The molecule has 15 nitrogen and oxygen atoms in total. The third kappa shape index (κ3) is 26.2. The van der Waals surface area contributed by atoms with Crippen molar-refractivity contribution in [2.45, 2.75) is 242 Å². The third-order valence-corrected chi connectivity index (χ3v) is 11.8. The van der Waals surface area contributed by atoms with Gasteiger partial charge < -0.3 is 64.2 Å². The molecule has 65 heavy (non-hydrogen) atoms. The van der Waals surface area contributed by atoms with Gasteiger partial charge in [-0.25, -0.2) is 0 Å². The Labute approximate surface area is 389 Å². The first-order valence-corrected chi connectivity index (χ1v) is 25.1. The molecule has 0 aromatic heterocycles. The zero-order valence-corrected chi connectivity index (χ0v) is 39.7. The van der Waals surface area contributed by atoms with Gasteiger partial charge in [0.2, 0.25) is 0 Å². The number of aliphatic hydroxyl groups excluding tert-OH is 7. The Morgan fingerprint density at radius 1 is 0.492 bits per heavy atom. The highest BCUT2D eigenvalue weighted by Crippen LogP contribution is 2.26. The first-order chi connectivity index (χ1) is 31.5. The number of carbonyl (C=O) groups excluding carboxylic acids is 2. The van der Waals surface area contributed by atoms with Crippen molar-refractivity contribution in [1.82, 2.24) is 0 Å². The third-order valence-electron chi connectivity index (χ3n) is 11.8. The highest BCUT2D eigenvalue weighted by atomic mass is 16.7. The van der Waals surface area contributed by atoms with Crippen molar-refractivity contribution in [3.8, 4) is 0 Å². The van der Waals surface area contributed by atoms with Gasteiger partial charge in [0.25, 0.3) is 0 Å². The van der Waals surface area contributed by atoms with Crippen LogP contribution in [-0.2, 0) is 38.0 Å². The van der Waals surface area contributed by atoms with Crippen LogP contribution < -0.4 is 0 Å². The summed E-state index contributed by atoms with van der Waals surface area (Å²) in [6, 6.07) is 0. The molecule has 378 valence electrons. The Hall–Kier alpha value is -2.28. The second-order valence-electron chi connectivity index (χ2n) is 17.6. The molecule has 4 unspecified atom stereocenters. The summed E-state index contributed by atoms with van der Waals surface area (Å²) in [5, 5.41) is 72.0. The Morgan fingerprint density at radius 2 is 0.938 bits per heavy atom. The minimum absolute atomic E-state index is 0.0999. The number of hydrogen-bond acceptors (Lipinski definition) is 15. The van der Waals surface area contributed by atoms with Gasteiger partial charge in [0.05, 0.1) is 19.8 Å². The predicted octanol–water partition coefficient (Wildman–Crippen LogP) is 6.54. The molecule has 2 heterocycles. The lowest BCUT2D eigenvalue weighted by Gasteiger charge is -2.42. The van der Waals surface area contributed by atoms with Gasteiger partial charge in [0.15, 0.2) is 18.7 Å². The molecular weight excluding hydrogens is 841 g/mol. The van der Waals surface area contributed by atoms with E-state index in [4.69, 9.17) is 28.4 Å². The average Bonchev–Trinajstić information content (AvgIpc) is 3.30. The lowest BCUT2D eigenvalue weighted by Crippen LogP contribution is -2.61. The van der Waals surface area contributed by atoms with Crippen LogP contribution in [0.1, 0.15) is 174 Å². The van der Waals surface area contributed by atoms with Crippen LogP contribution >= 0.6 is 0 Å².